The molecule has 1 aromatic rings. The molecule has 1 amide bonds. The van der Waals surface area contributed by atoms with Crippen LogP contribution in [0.3, 0.4) is 0 Å². The zero-order valence-electron chi connectivity index (χ0n) is 17.7. The van der Waals surface area contributed by atoms with Crippen LogP contribution in [0.2, 0.25) is 0 Å². The zero-order chi connectivity index (χ0) is 20.5. The van der Waals surface area contributed by atoms with Crippen LogP contribution in [0, 0.1) is 0 Å². The van der Waals surface area contributed by atoms with Crippen LogP contribution in [0.15, 0.2) is 30.3 Å². The van der Waals surface area contributed by atoms with Gasteiger partial charge in [-0.2, -0.15) is 0 Å². The third-order valence-corrected chi connectivity index (χ3v) is 6.94. The standard InChI is InChI=1S/C23H34N2O4/c1-22(2,25-12-14-28-15-13-25)21(27)24-10-8-23(9-11-24)17-19(26)16-20(29-23)18-6-4-3-5-7-18/h3-7,19-20,26H,8-17H2,1-2H3/t19-,20-/m1/s1. The highest BCUT2D eigenvalue weighted by atomic mass is 16.5. The van der Waals surface area contributed by atoms with Crippen LogP contribution in [-0.2, 0) is 14.3 Å². The fraction of sp³-hybridized carbons (Fsp3) is 0.696. The van der Waals surface area contributed by atoms with Crippen molar-refractivity contribution >= 4 is 5.91 Å². The fourth-order valence-electron chi connectivity index (χ4n) is 5.11. The van der Waals surface area contributed by atoms with Crippen molar-refractivity contribution in [2.24, 2.45) is 0 Å². The Hall–Kier alpha value is -1.47. The average molecular weight is 403 g/mol. The van der Waals surface area contributed by atoms with Crippen LogP contribution in [0.4, 0.5) is 0 Å². The molecule has 0 saturated carbocycles. The van der Waals surface area contributed by atoms with Crippen molar-refractivity contribution in [3.05, 3.63) is 35.9 Å². The van der Waals surface area contributed by atoms with Crippen molar-refractivity contribution in [1.29, 1.82) is 0 Å². The number of piperidine rings is 1. The second-order valence-corrected chi connectivity index (χ2v) is 9.24. The number of carbonyl (C=O) groups excluding carboxylic acids is 1. The number of likely N-dealkylation sites (tertiary alicyclic amines) is 1. The number of morpholine rings is 1. The second-order valence-electron chi connectivity index (χ2n) is 9.24. The van der Waals surface area contributed by atoms with Crippen molar-refractivity contribution < 1.29 is 19.4 Å². The first kappa shape index (κ1) is 20.8. The van der Waals surface area contributed by atoms with E-state index >= 15 is 0 Å². The van der Waals surface area contributed by atoms with Crippen LogP contribution in [0.5, 0.6) is 0 Å². The molecule has 0 unspecified atom stereocenters. The van der Waals surface area contributed by atoms with Crippen LogP contribution in [0.1, 0.15) is 51.2 Å². The molecule has 1 N–H and O–H groups in total. The van der Waals surface area contributed by atoms with Gasteiger partial charge in [0.1, 0.15) is 0 Å². The molecule has 0 radical (unpaired) electrons. The fourth-order valence-corrected chi connectivity index (χ4v) is 5.11. The summed E-state index contributed by atoms with van der Waals surface area (Å²) in [6, 6.07) is 10.2. The van der Waals surface area contributed by atoms with Gasteiger partial charge in [0.15, 0.2) is 0 Å². The monoisotopic (exact) mass is 402 g/mol. The minimum Gasteiger partial charge on any atom is -0.393 e. The molecule has 0 aromatic heterocycles. The van der Waals surface area contributed by atoms with Gasteiger partial charge in [-0.3, -0.25) is 9.69 Å². The number of nitrogens with zero attached hydrogens (tertiary/aromatic N) is 2. The Morgan fingerprint density at radius 1 is 1.10 bits per heavy atom. The molecule has 0 bridgehead atoms. The Morgan fingerprint density at radius 2 is 1.76 bits per heavy atom. The van der Waals surface area contributed by atoms with Gasteiger partial charge >= 0.3 is 0 Å². The highest BCUT2D eigenvalue weighted by Crippen LogP contribution is 2.43. The Bertz CT molecular complexity index is 694. The van der Waals surface area contributed by atoms with Gasteiger partial charge in [-0.15, -0.1) is 0 Å². The van der Waals surface area contributed by atoms with E-state index in [2.05, 4.69) is 17.0 Å². The van der Waals surface area contributed by atoms with E-state index in [0.717, 1.165) is 31.5 Å². The maximum absolute atomic E-state index is 13.3. The van der Waals surface area contributed by atoms with Gasteiger partial charge in [0.25, 0.3) is 0 Å². The Labute approximate surface area is 173 Å². The van der Waals surface area contributed by atoms with Gasteiger partial charge in [-0.25, -0.2) is 0 Å². The first-order valence-corrected chi connectivity index (χ1v) is 10.9. The minimum absolute atomic E-state index is 0.0769. The number of benzene rings is 1. The van der Waals surface area contributed by atoms with Crippen LogP contribution < -0.4 is 0 Å². The lowest BCUT2D eigenvalue weighted by molar-refractivity contribution is -0.188. The Morgan fingerprint density at radius 3 is 2.41 bits per heavy atom. The highest BCUT2D eigenvalue weighted by Gasteiger charge is 2.46. The van der Waals surface area contributed by atoms with Crippen molar-refractivity contribution in [1.82, 2.24) is 9.80 Å². The summed E-state index contributed by atoms with van der Waals surface area (Å²) < 4.78 is 12.0. The van der Waals surface area contributed by atoms with Crippen molar-refractivity contribution in [3.63, 3.8) is 0 Å². The summed E-state index contributed by atoms with van der Waals surface area (Å²) in [4.78, 5) is 17.5. The third-order valence-electron chi connectivity index (χ3n) is 6.94. The van der Waals surface area contributed by atoms with E-state index in [-0.39, 0.29) is 23.7 Å². The van der Waals surface area contributed by atoms with Gasteiger partial charge in [-0.1, -0.05) is 30.3 Å². The number of ether oxygens (including phenoxy) is 2. The molecule has 1 aromatic carbocycles. The summed E-state index contributed by atoms with van der Waals surface area (Å²) in [6.07, 6.45) is 2.41. The predicted octanol–water partition coefficient (Wildman–Crippen LogP) is 2.37. The average Bonchev–Trinajstić information content (AvgIpc) is 2.74. The highest BCUT2D eigenvalue weighted by molar-refractivity contribution is 5.85. The maximum atomic E-state index is 13.3. The Kier molecular flexibility index (Phi) is 5.98. The van der Waals surface area contributed by atoms with Gasteiger partial charge in [-0.05, 0) is 32.3 Å². The van der Waals surface area contributed by atoms with Crippen LogP contribution >= 0.6 is 0 Å². The summed E-state index contributed by atoms with van der Waals surface area (Å²) in [5.41, 5.74) is 0.267. The topological polar surface area (TPSA) is 62.2 Å². The smallest absolute Gasteiger partial charge is 0.242 e. The van der Waals surface area contributed by atoms with E-state index in [4.69, 9.17) is 9.47 Å². The van der Waals surface area contributed by atoms with Crippen molar-refractivity contribution in [2.45, 2.75) is 62.9 Å². The summed E-state index contributed by atoms with van der Waals surface area (Å²) in [7, 11) is 0. The lowest BCUT2D eigenvalue weighted by atomic mass is 9.80. The number of hydrogen-bond acceptors (Lipinski definition) is 5. The van der Waals surface area contributed by atoms with E-state index in [0.29, 0.717) is 39.1 Å². The zero-order valence-corrected chi connectivity index (χ0v) is 17.7. The van der Waals surface area contributed by atoms with Crippen LogP contribution in [-0.4, -0.2) is 77.5 Å². The normalized spacial score (nSPS) is 28.4. The predicted molar refractivity (Wildman–Crippen MR) is 111 cm³/mol. The quantitative estimate of drug-likeness (QED) is 0.841. The van der Waals surface area contributed by atoms with E-state index in [9.17, 15) is 9.90 Å². The molecule has 3 heterocycles. The number of hydrogen-bond donors (Lipinski definition) is 1. The number of aliphatic hydroxyl groups is 1. The summed E-state index contributed by atoms with van der Waals surface area (Å²) >= 11 is 0. The largest absolute Gasteiger partial charge is 0.393 e. The molecule has 3 fully saturated rings. The first-order valence-electron chi connectivity index (χ1n) is 10.9. The lowest BCUT2D eigenvalue weighted by Crippen LogP contribution is -2.61. The molecule has 0 aliphatic carbocycles. The molecular formula is C23H34N2O4. The summed E-state index contributed by atoms with van der Waals surface area (Å²) in [6.45, 7) is 8.38. The molecule has 3 saturated heterocycles. The molecule has 3 aliphatic heterocycles. The molecule has 2 atom stereocenters. The molecule has 4 rings (SSSR count). The SMILES string of the molecule is CC(C)(C(=O)N1CCC2(CC1)C[C@H](O)C[C@H](c1ccccc1)O2)N1CCOCC1. The van der Waals surface area contributed by atoms with E-state index in [1.807, 2.05) is 36.9 Å². The number of amides is 1. The van der Waals surface area contributed by atoms with Crippen molar-refractivity contribution in [3.8, 4) is 0 Å². The van der Waals surface area contributed by atoms with Crippen molar-refractivity contribution in [2.75, 3.05) is 39.4 Å². The molecule has 29 heavy (non-hydrogen) atoms. The van der Waals surface area contributed by atoms with E-state index < -0.39 is 5.54 Å². The number of carbonyl (C=O) groups is 1. The third kappa shape index (κ3) is 4.36. The van der Waals surface area contributed by atoms with E-state index in [1.54, 1.807) is 0 Å². The van der Waals surface area contributed by atoms with Gasteiger partial charge in [0.2, 0.25) is 5.91 Å². The molecule has 1 spiro atoms. The first-order chi connectivity index (χ1) is 13.9. The van der Waals surface area contributed by atoms with Gasteiger partial charge < -0.3 is 19.5 Å². The number of rotatable bonds is 3. The number of aliphatic hydroxyl groups excluding tert-OH is 1. The summed E-state index contributed by atoms with van der Waals surface area (Å²) in [5.74, 6) is 0.185. The van der Waals surface area contributed by atoms with Gasteiger partial charge in [0, 0.05) is 39.0 Å². The second kappa shape index (κ2) is 8.34. The minimum atomic E-state index is -0.520. The molecule has 6 nitrogen and oxygen atoms in total. The molecule has 160 valence electrons. The molecule has 3 aliphatic rings. The van der Waals surface area contributed by atoms with E-state index in [1.165, 1.54) is 0 Å². The molecule has 6 heteroatoms. The maximum Gasteiger partial charge on any atom is 0.242 e. The molecular weight excluding hydrogens is 368 g/mol. The van der Waals surface area contributed by atoms with Crippen LogP contribution in [0.25, 0.3) is 0 Å². The lowest BCUT2D eigenvalue weighted by Gasteiger charge is -2.50. The summed E-state index contributed by atoms with van der Waals surface area (Å²) in [5, 5.41) is 10.6. The van der Waals surface area contributed by atoms with Gasteiger partial charge in [0.05, 0.1) is 36.6 Å². The Balaban J connectivity index is 1.40.